The highest BCUT2D eigenvalue weighted by atomic mass is 16.5. The lowest BCUT2D eigenvalue weighted by molar-refractivity contribution is -0.113. The van der Waals surface area contributed by atoms with E-state index in [1.165, 1.54) is 6.33 Å². The number of fused-ring (bicyclic) bond motifs is 1. The lowest BCUT2D eigenvalue weighted by atomic mass is 9.95. The molecule has 0 saturated carbocycles. The molecule has 0 radical (unpaired) electrons. The van der Waals surface area contributed by atoms with Crippen LogP contribution in [0.4, 0.5) is 11.6 Å². The van der Waals surface area contributed by atoms with E-state index in [4.69, 9.17) is 4.74 Å². The first-order chi connectivity index (χ1) is 13.6. The Labute approximate surface area is 161 Å². The number of rotatable bonds is 4. The molecule has 3 aromatic rings. The van der Waals surface area contributed by atoms with Crippen LogP contribution in [0, 0.1) is 0 Å². The van der Waals surface area contributed by atoms with Crippen molar-refractivity contribution in [2.75, 3.05) is 17.7 Å². The van der Waals surface area contributed by atoms with Gasteiger partial charge in [-0.2, -0.15) is 10.1 Å². The third-order valence-corrected chi connectivity index (χ3v) is 4.57. The molecule has 2 heterocycles. The van der Waals surface area contributed by atoms with Gasteiger partial charge in [0, 0.05) is 11.4 Å². The van der Waals surface area contributed by atoms with E-state index in [2.05, 4.69) is 20.7 Å². The summed E-state index contributed by atoms with van der Waals surface area (Å²) in [6.07, 6.45) is 1.43. The fourth-order valence-electron chi connectivity index (χ4n) is 3.26. The van der Waals surface area contributed by atoms with Gasteiger partial charge in [0.05, 0.1) is 12.7 Å². The molecule has 1 aliphatic rings. The van der Waals surface area contributed by atoms with Crippen molar-refractivity contribution in [2.24, 2.45) is 0 Å². The number of phenolic OH excluding ortho intramolecular Hbond substituents is 1. The van der Waals surface area contributed by atoms with E-state index in [9.17, 15) is 9.90 Å². The van der Waals surface area contributed by atoms with Crippen molar-refractivity contribution < 1.29 is 14.6 Å². The van der Waals surface area contributed by atoms with Gasteiger partial charge in [0.1, 0.15) is 23.9 Å². The Morgan fingerprint density at radius 2 is 2.04 bits per heavy atom. The number of carbonyl (C=O) groups is 1. The minimum atomic E-state index is -0.524. The number of phenols is 1. The van der Waals surface area contributed by atoms with Crippen LogP contribution in [0.15, 0.2) is 66.1 Å². The number of nitrogens with zero attached hydrogens (tertiary/aromatic N) is 3. The maximum Gasteiger partial charge on any atom is 0.255 e. The molecule has 8 heteroatoms. The zero-order valence-corrected chi connectivity index (χ0v) is 15.4. The quantitative estimate of drug-likeness (QED) is 0.646. The number of nitrogens with one attached hydrogen (secondary N) is 2. The highest BCUT2D eigenvalue weighted by Gasteiger charge is 2.33. The summed E-state index contributed by atoms with van der Waals surface area (Å²) in [5, 5.41) is 20.2. The van der Waals surface area contributed by atoms with Crippen LogP contribution in [0.2, 0.25) is 0 Å². The lowest BCUT2D eigenvalue weighted by Gasteiger charge is -2.28. The van der Waals surface area contributed by atoms with Crippen LogP contribution in [0.1, 0.15) is 18.5 Å². The molecule has 0 fully saturated rings. The summed E-state index contributed by atoms with van der Waals surface area (Å²) in [5.41, 5.74) is 2.52. The molecule has 4 rings (SSSR count). The molecule has 0 unspecified atom stereocenters. The van der Waals surface area contributed by atoms with Crippen molar-refractivity contribution >= 4 is 17.5 Å². The van der Waals surface area contributed by atoms with Crippen LogP contribution in [0.5, 0.6) is 11.5 Å². The molecule has 2 aromatic carbocycles. The average molecular weight is 377 g/mol. The van der Waals surface area contributed by atoms with Crippen LogP contribution in [0.3, 0.4) is 0 Å². The van der Waals surface area contributed by atoms with E-state index < -0.39 is 6.04 Å². The zero-order chi connectivity index (χ0) is 19.7. The van der Waals surface area contributed by atoms with E-state index in [-0.39, 0.29) is 11.7 Å². The van der Waals surface area contributed by atoms with Crippen molar-refractivity contribution in [1.29, 1.82) is 0 Å². The first kappa shape index (κ1) is 17.6. The molecular weight excluding hydrogens is 358 g/mol. The molecule has 1 aromatic heterocycles. The van der Waals surface area contributed by atoms with Crippen molar-refractivity contribution in [2.45, 2.75) is 13.0 Å². The molecule has 1 aliphatic heterocycles. The number of carbonyl (C=O) groups excluding carboxylic acids is 1. The number of hydrogen-bond acceptors (Lipinski definition) is 6. The van der Waals surface area contributed by atoms with E-state index >= 15 is 0 Å². The van der Waals surface area contributed by atoms with Crippen LogP contribution >= 0.6 is 0 Å². The number of methoxy groups -OCH3 is 1. The van der Waals surface area contributed by atoms with Crippen LogP contribution in [-0.2, 0) is 4.79 Å². The third-order valence-electron chi connectivity index (χ3n) is 4.57. The predicted molar refractivity (Wildman–Crippen MR) is 104 cm³/mol. The molecule has 0 saturated heterocycles. The van der Waals surface area contributed by atoms with Crippen LogP contribution in [-0.4, -0.2) is 32.9 Å². The number of hydrogen-bond donors (Lipinski definition) is 3. The molecule has 1 amide bonds. The Hall–Kier alpha value is -3.81. The maximum atomic E-state index is 13.2. The molecular formula is C20H19N5O3. The van der Waals surface area contributed by atoms with Crippen molar-refractivity contribution in [1.82, 2.24) is 14.8 Å². The zero-order valence-electron chi connectivity index (χ0n) is 15.4. The van der Waals surface area contributed by atoms with Crippen molar-refractivity contribution in [3.8, 4) is 11.5 Å². The Bertz CT molecular complexity index is 1060. The normalized spacial score (nSPS) is 15.6. The summed E-state index contributed by atoms with van der Waals surface area (Å²) in [6.45, 7) is 1.82. The monoisotopic (exact) mass is 377 g/mol. The molecule has 142 valence electrons. The molecule has 8 nitrogen and oxygen atoms in total. The van der Waals surface area contributed by atoms with E-state index in [1.807, 2.05) is 13.0 Å². The summed E-state index contributed by atoms with van der Waals surface area (Å²) in [7, 11) is 1.59. The molecule has 0 bridgehead atoms. The van der Waals surface area contributed by atoms with E-state index in [0.717, 1.165) is 5.56 Å². The number of benzene rings is 2. The van der Waals surface area contributed by atoms with Gasteiger partial charge in [-0.05, 0) is 48.9 Å². The highest BCUT2D eigenvalue weighted by Crippen LogP contribution is 2.36. The lowest BCUT2D eigenvalue weighted by Crippen LogP contribution is -2.31. The van der Waals surface area contributed by atoms with Gasteiger partial charge in [-0.3, -0.25) is 4.79 Å². The number of amides is 1. The Balaban J connectivity index is 1.72. The van der Waals surface area contributed by atoms with Gasteiger partial charge >= 0.3 is 0 Å². The second-order valence-corrected chi connectivity index (χ2v) is 6.37. The second kappa shape index (κ2) is 7.07. The van der Waals surface area contributed by atoms with Crippen molar-refractivity contribution in [3.05, 3.63) is 71.7 Å². The first-order valence-electron chi connectivity index (χ1n) is 8.68. The highest BCUT2D eigenvalue weighted by molar-refractivity contribution is 6.06. The summed E-state index contributed by atoms with van der Waals surface area (Å²) in [5.74, 6) is 1.08. The Morgan fingerprint density at radius 3 is 2.75 bits per heavy atom. The van der Waals surface area contributed by atoms with E-state index in [0.29, 0.717) is 28.7 Å². The fraction of sp³-hybridized carbons (Fsp3) is 0.150. The number of anilines is 2. The van der Waals surface area contributed by atoms with Gasteiger partial charge in [-0.15, -0.1) is 0 Å². The number of allylic oxidation sites excluding steroid dienone is 1. The van der Waals surface area contributed by atoms with Crippen LogP contribution in [0.25, 0.3) is 0 Å². The topological polar surface area (TPSA) is 101 Å². The summed E-state index contributed by atoms with van der Waals surface area (Å²) in [4.78, 5) is 17.4. The fourth-order valence-corrected chi connectivity index (χ4v) is 3.26. The molecule has 3 N–H and O–H groups in total. The SMILES string of the molecule is COc1ccc(NC(=O)C2=C(C)Nc3ncnn3[C@H]2c2cccc(O)c2)cc1. The van der Waals surface area contributed by atoms with Gasteiger partial charge < -0.3 is 20.5 Å². The first-order valence-corrected chi connectivity index (χ1v) is 8.68. The molecule has 0 aliphatic carbocycles. The van der Waals surface area contributed by atoms with Crippen molar-refractivity contribution in [3.63, 3.8) is 0 Å². The Morgan fingerprint density at radius 1 is 1.25 bits per heavy atom. The van der Waals surface area contributed by atoms with Gasteiger partial charge in [-0.1, -0.05) is 12.1 Å². The third kappa shape index (κ3) is 3.16. The van der Waals surface area contributed by atoms with Gasteiger partial charge in [0.15, 0.2) is 0 Å². The number of ether oxygens (including phenoxy) is 1. The summed E-state index contributed by atoms with van der Waals surface area (Å²) < 4.78 is 6.78. The summed E-state index contributed by atoms with van der Waals surface area (Å²) in [6, 6.07) is 13.4. The molecule has 1 atom stereocenters. The van der Waals surface area contributed by atoms with Gasteiger partial charge in [0.2, 0.25) is 5.95 Å². The largest absolute Gasteiger partial charge is 0.508 e. The number of aromatic nitrogens is 3. The van der Waals surface area contributed by atoms with Gasteiger partial charge in [-0.25, -0.2) is 4.68 Å². The second-order valence-electron chi connectivity index (χ2n) is 6.37. The Kier molecular flexibility index (Phi) is 4.44. The molecule has 0 spiro atoms. The minimum Gasteiger partial charge on any atom is -0.508 e. The van der Waals surface area contributed by atoms with E-state index in [1.54, 1.807) is 54.3 Å². The van der Waals surface area contributed by atoms with Crippen LogP contribution < -0.4 is 15.4 Å². The maximum absolute atomic E-state index is 13.2. The minimum absolute atomic E-state index is 0.116. The predicted octanol–water partition coefficient (Wildman–Crippen LogP) is 2.92. The summed E-state index contributed by atoms with van der Waals surface area (Å²) >= 11 is 0. The average Bonchev–Trinajstić information content (AvgIpc) is 3.15. The molecule has 28 heavy (non-hydrogen) atoms. The number of aromatic hydroxyl groups is 1. The smallest absolute Gasteiger partial charge is 0.255 e. The standard InChI is InChI=1S/C20H19N5O3/c1-12-17(19(27)24-14-6-8-16(28-2)9-7-14)18(13-4-3-5-15(26)10-13)25-20(23-12)21-11-22-25/h3-11,18,26H,1-2H3,(H,24,27)(H,21,22,23)/t18-/m0/s1. The van der Waals surface area contributed by atoms with Gasteiger partial charge in [0.25, 0.3) is 5.91 Å².